The number of benzene rings is 9. The Morgan fingerprint density at radius 2 is 1.14 bits per heavy atom. The van der Waals surface area contributed by atoms with E-state index in [1.54, 1.807) is 0 Å². The van der Waals surface area contributed by atoms with Crippen LogP contribution in [0.4, 0.5) is 0 Å². The van der Waals surface area contributed by atoms with Gasteiger partial charge in [-0.2, -0.15) is 0 Å². The van der Waals surface area contributed by atoms with Gasteiger partial charge in [0, 0.05) is 65.8 Å². The molecule has 0 amide bonds. The van der Waals surface area contributed by atoms with E-state index < -0.39 is 5.41 Å². The molecule has 0 unspecified atom stereocenters. The zero-order valence-corrected chi connectivity index (χ0v) is 36.2. The van der Waals surface area contributed by atoms with Crippen molar-refractivity contribution in [3.8, 4) is 33.8 Å². The number of ether oxygens (including phenoxy) is 1. The molecule has 4 heterocycles. The highest BCUT2D eigenvalue weighted by atomic mass is 32.1. The van der Waals surface area contributed by atoms with Crippen LogP contribution in [0, 0.1) is 0 Å². The predicted octanol–water partition coefficient (Wildman–Crippen LogP) is 15.4. The van der Waals surface area contributed by atoms with Crippen LogP contribution in [0.15, 0.2) is 210 Å². The van der Waals surface area contributed by atoms with Gasteiger partial charge in [-0.3, -0.25) is 0 Å². The molecule has 4 nitrogen and oxygen atoms in total. The quantitative estimate of drug-likeness (QED) is 0.177. The van der Waals surface area contributed by atoms with Crippen LogP contribution in [-0.4, -0.2) is 24.2 Å². The Bertz CT molecular complexity index is 3830. The first-order valence-corrected chi connectivity index (χ1v) is 23.0. The van der Waals surface area contributed by atoms with Gasteiger partial charge in [0.2, 0.25) is 0 Å². The molecular formula is C60H38N2O2S. The van der Waals surface area contributed by atoms with Gasteiger partial charge in [0.05, 0.1) is 29.1 Å². The molecule has 1 aliphatic carbocycles. The fraction of sp³-hybridized carbons (Fsp3) is 0.0500. The van der Waals surface area contributed by atoms with Crippen LogP contribution >= 0.6 is 11.3 Å². The highest BCUT2D eigenvalue weighted by molar-refractivity contribution is 7.26. The zero-order valence-electron chi connectivity index (χ0n) is 35.4. The molecule has 0 atom stereocenters. The molecule has 0 bridgehead atoms. The number of thiophene rings is 1. The highest BCUT2D eigenvalue weighted by Gasteiger charge is 2.51. The van der Waals surface area contributed by atoms with Crippen molar-refractivity contribution in [1.82, 2.24) is 4.90 Å². The standard InChI is InChI=1S/C60H38N2O2S/c1-62-35-51(61-57(36-14-3-2-4-15-36)58(62)45-20-13-19-44-43-18-7-12-25-56(43)65-59(44)45)39-26-29-42-46-32-37(28-31-52(46)63-54(42)34-39)38-27-30-50-55(33-38)64-53-24-11-10-23-49(53)60(50)47-21-8-5-16-40(47)41-17-6-9-22-48(41)60/h2-34H,35H2,1H3. The van der Waals surface area contributed by atoms with Crippen molar-refractivity contribution in [2.24, 2.45) is 4.99 Å². The summed E-state index contributed by atoms with van der Waals surface area (Å²) in [5.74, 6) is 1.76. The van der Waals surface area contributed by atoms with E-state index in [1.807, 2.05) is 11.3 Å². The second-order valence-electron chi connectivity index (χ2n) is 17.4. The summed E-state index contributed by atoms with van der Waals surface area (Å²) in [5.41, 5.74) is 17.3. The van der Waals surface area contributed by atoms with Gasteiger partial charge in [-0.05, 0) is 75.8 Å². The normalized spacial score (nSPS) is 14.7. The average Bonchev–Trinajstić information content (AvgIpc) is 4.02. The molecule has 5 heteroatoms. The van der Waals surface area contributed by atoms with E-state index in [2.05, 4.69) is 212 Å². The minimum absolute atomic E-state index is 0.484. The van der Waals surface area contributed by atoms with Crippen LogP contribution in [0.5, 0.6) is 11.5 Å². The van der Waals surface area contributed by atoms with Gasteiger partial charge in [0.25, 0.3) is 0 Å². The number of hydrogen-bond donors (Lipinski definition) is 0. The smallest absolute Gasteiger partial charge is 0.136 e. The predicted molar refractivity (Wildman–Crippen MR) is 268 cm³/mol. The maximum absolute atomic E-state index is 6.84. The lowest BCUT2D eigenvalue weighted by molar-refractivity contribution is 0.436. The van der Waals surface area contributed by atoms with Crippen molar-refractivity contribution in [2.75, 3.05) is 13.6 Å². The number of para-hydroxylation sites is 1. The van der Waals surface area contributed by atoms with Gasteiger partial charge >= 0.3 is 0 Å². The summed E-state index contributed by atoms with van der Waals surface area (Å²) < 4.78 is 16.1. The second kappa shape index (κ2) is 13.8. The monoisotopic (exact) mass is 850 g/mol. The molecule has 0 saturated carbocycles. The Balaban J connectivity index is 0.867. The lowest BCUT2D eigenvalue weighted by atomic mass is 9.66. The summed E-state index contributed by atoms with van der Waals surface area (Å²) in [5, 5.41) is 4.73. The molecule has 0 N–H and O–H groups in total. The topological polar surface area (TPSA) is 38.0 Å². The van der Waals surface area contributed by atoms with Crippen molar-refractivity contribution < 1.29 is 9.15 Å². The minimum atomic E-state index is -0.484. The van der Waals surface area contributed by atoms with Gasteiger partial charge in [0.15, 0.2) is 0 Å². The largest absolute Gasteiger partial charge is 0.457 e. The fourth-order valence-electron chi connectivity index (χ4n) is 11.1. The molecule has 3 aliphatic rings. The summed E-state index contributed by atoms with van der Waals surface area (Å²) in [6, 6.07) is 72.1. The molecule has 0 fully saturated rings. The minimum Gasteiger partial charge on any atom is -0.457 e. The average molecular weight is 851 g/mol. The van der Waals surface area contributed by atoms with E-state index in [9.17, 15) is 0 Å². The van der Waals surface area contributed by atoms with E-state index in [0.29, 0.717) is 6.54 Å². The summed E-state index contributed by atoms with van der Waals surface area (Å²) in [7, 11) is 2.19. The van der Waals surface area contributed by atoms with E-state index in [1.165, 1.54) is 53.6 Å². The van der Waals surface area contributed by atoms with Crippen LogP contribution in [-0.2, 0) is 5.41 Å². The fourth-order valence-corrected chi connectivity index (χ4v) is 12.3. The van der Waals surface area contributed by atoms with Crippen molar-refractivity contribution >= 4 is 70.6 Å². The number of rotatable bonds is 4. The molecule has 11 aromatic rings. The number of furan rings is 1. The van der Waals surface area contributed by atoms with Crippen LogP contribution in [0.25, 0.3) is 75.8 Å². The van der Waals surface area contributed by atoms with Crippen LogP contribution in [0.3, 0.4) is 0 Å². The molecule has 1 spiro atoms. The summed E-state index contributed by atoms with van der Waals surface area (Å²) >= 11 is 1.86. The van der Waals surface area contributed by atoms with E-state index in [0.717, 1.165) is 78.4 Å². The highest BCUT2D eigenvalue weighted by Crippen LogP contribution is 2.62. The van der Waals surface area contributed by atoms with Crippen molar-refractivity contribution in [2.45, 2.75) is 5.41 Å². The van der Waals surface area contributed by atoms with Gasteiger partial charge in [-0.1, -0.05) is 158 Å². The molecule has 2 aliphatic heterocycles. The van der Waals surface area contributed by atoms with Crippen molar-refractivity contribution in [3.63, 3.8) is 0 Å². The SMILES string of the molecule is CN1CC(c2ccc3c(c2)oc2ccc(-c4ccc5c(c4)Oc4ccccc4C54c5ccccc5-c5ccccc54)cc23)=NC(c2ccccc2)=C1c1cccc2c1sc1ccccc12. The van der Waals surface area contributed by atoms with E-state index in [-0.39, 0.29) is 0 Å². The third-order valence-corrected chi connectivity index (χ3v) is 15.2. The Kier molecular flexibility index (Phi) is 7.72. The first-order valence-electron chi connectivity index (χ1n) is 22.2. The number of likely N-dealkylation sites (N-methyl/N-ethyl adjacent to an activating group) is 1. The Hall–Kier alpha value is -7.99. The van der Waals surface area contributed by atoms with Gasteiger partial charge in [-0.25, -0.2) is 4.99 Å². The van der Waals surface area contributed by atoms with Crippen LogP contribution in [0.2, 0.25) is 0 Å². The summed E-state index contributed by atoms with van der Waals surface area (Å²) in [6.07, 6.45) is 0. The zero-order chi connectivity index (χ0) is 42.8. The number of aliphatic imine (C=N–C) groups is 1. The van der Waals surface area contributed by atoms with Crippen LogP contribution in [0.1, 0.15) is 38.9 Å². The van der Waals surface area contributed by atoms with Crippen molar-refractivity contribution in [3.05, 3.63) is 239 Å². The first kappa shape index (κ1) is 36.5. The van der Waals surface area contributed by atoms with Gasteiger partial charge in [-0.15, -0.1) is 11.3 Å². The van der Waals surface area contributed by atoms with E-state index in [4.69, 9.17) is 14.1 Å². The molecule has 2 aromatic heterocycles. The summed E-state index contributed by atoms with van der Waals surface area (Å²) in [6.45, 7) is 0.659. The molecule has 9 aromatic carbocycles. The van der Waals surface area contributed by atoms with Crippen LogP contribution < -0.4 is 4.74 Å². The maximum atomic E-state index is 6.84. The number of nitrogens with zero attached hydrogens (tertiary/aromatic N) is 2. The van der Waals surface area contributed by atoms with Gasteiger partial charge in [0.1, 0.15) is 22.7 Å². The third-order valence-electron chi connectivity index (χ3n) is 13.9. The third kappa shape index (κ3) is 5.21. The molecule has 0 saturated heterocycles. The van der Waals surface area contributed by atoms with E-state index >= 15 is 0 Å². The first-order chi connectivity index (χ1) is 32.1. The molecule has 0 radical (unpaired) electrons. The lowest BCUT2D eigenvalue weighted by Crippen LogP contribution is -2.32. The van der Waals surface area contributed by atoms with Crippen molar-refractivity contribution in [1.29, 1.82) is 0 Å². The molecule has 65 heavy (non-hydrogen) atoms. The summed E-state index contributed by atoms with van der Waals surface area (Å²) in [4.78, 5) is 7.88. The Labute approximate surface area is 379 Å². The maximum Gasteiger partial charge on any atom is 0.136 e. The Morgan fingerprint density at radius 3 is 1.98 bits per heavy atom. The molecule has 306 valence electrons. The molecular weight excluding hydrogens is 813 g/mol. The second-order valence-corrected chi connectivity index (χ2v) is 18.5. The lowest BCUT2D eigenvalue weighted by Gasteiger charge is -2.39. The number of fused-ring (bicyclic) bond motifs is 15. The Morgan fingerprint density at radius 1 is 0.477 bits per heavy atom. The van der Waals surface area contributed by atoms with Gasteiger partial charge < -0.3 is 14.1 Å². The number of hydrogen-bond acceptors (Lipinski definition) is 5. The molecule has 14 rings (SSSR count).